The summed E-state index contributed by atoms with van der Waals surface area (Å²) >= 11 is 6.96. The van der Waals surface area contributed by atoms with Crippen molar-refractivity contribution in [2.24, 2.45) is 0 Å². The Kier molecular flexibility index (Phi) is 8.42. The number of anilines is 1. The quantitative estimate of drug-likeness (QED) is 0.366. The largest absolute Gasteiger partial charge is 0.390 e. The van der Waals surface area contributed by atoms with Gasteiger partial charge in [-0.25, -0.2) is 4.68 Å². The molecular formula is C17H17ClF6N4OS. The Hall–Kier alpha value is -1.95. The number of hydrogen-bond acceptors (Lipinski definition) is 4. The minimum Gasteiger partial charge on any atom is -0.308 e. The summed E-state index contributed by atoms with van der Waals surface area (Å²) in [5.41, 5.74) is 0.464. The van der Waals surface area contributed by atoms with Crippen molar-refractivity contribution < 1.29 is 31.1 Å². The number of carbonyl (C=O) groups excluding carboxylic acids is 1. The van der Waals surface area contributed by atoms with Crippen molar-refractivity contribution in [2.75, 3.05) is 23.0 Å². The SMILES string of the molecule is O=C(CCSCCC(F)(F)F)N(CCC(F)(F)F)c1cn(-c2cccnc2)nc1Cl. The van der Waals surface area contributed by atoms with Gasteiger partial charge in [-0.3, -0.25) is 9.78 Å². The van der Waals surface area contributed by atoms with E-state index < -0.39 is 37.6 Å². The average molecular weight is 475 g/mol. The predicted molar refractivity (Wildman–Crippen MR) is 102 cm³/mol. The van der Waals surface area contributed by atoms with Crippen LogP contribution in [0, 0.1) is 0 Å². The monoisotopic (exact) mass is 474 g/mol. The molecule has 2 heterocycles. The maximum atomic E-state index is 12.7. The molecule has 0 radical (unpaired) electrons. The molecule has 30 heavy (non-hydrogen) atoms. The first-order chi connectivity index (χ1) is 14.0. The van der Waals surface area contributed by atoms with Crippen molar-refractivity contribution >= 4 is 35.0 Å². The molecule has 0 unspecified atom stereocenters. The summed E-state index contributed by atoms with van der Waals surface area (Å²) in [6.45, 7) is -0.687. The van der Waals surface area contributed by atoms with Gasteiger partial charge in [0.25, 0.3) is 0 Å². The Bertz CT molecular complexity index is 828. The molecule has 0 aliphatic carbocycles. The smallest absolute Gasteiger partial charge is 0.308 e. The van der Waals surface area contributed by atoms with Crippen molar-refractivity contribution in [3.63, 3.8) is 0 Å². The van der Waals surface area contributed by atoms with E-state index in [0.29, 0.717) is 5.69 Å². The van der Waals surface area contributed by atoms with Gasteiger partial charge in [0.05, 0.1) is 30.9 Å². The first-order valence-electron chi connectivity index (χ1n) is 8.63. The Morgan fingerprint density at radius 3 is 2.43 bits per heavy atom. The molecule has 0 saturated carbocycles. The normalized spacial score (nSPS) is 12.2. The molecule has 2 aromatic rings. The molecule has 0 aliphatic rings. The van der Waals surface area contributed by atoms with Crippen LogP contribution >= 0.6 is 23.4 Å². The highest BCUT2D eigenvalue weighted by atomic mass is 35.5. The Labute approximate surface area is 177 Å². The maximum Gasteiger partial charge on any atom is 0.390 e. The third-order valence-electron chi connectivity index (χ3n) is 3.76. The molecular weight excluding hydrogens is 458 g/mol. The highest BCUT2D eigenvalue weighted by Gasteiger charge is 2.31. The minimum atomic E-state index is -4.51. The van der Waals surface area contributed by atoms with Crippen molar-refractivity contribution in [2.45, 2.75) is 31.6 Å². The van der Waals surface area contributed by atoms with E-state index >= 15 is 0 Å². The number of aromatic nitrogens is 3. The molecule has 1 amide bonds. The fourth-order valence-electron chi connectivity index (χ4n) is 2.35. The molecule has 0 atom stereocenters. The second-order valence-corrected chi connectivity index (χ2v) is 7.68. The summed E-state index contributed by atoms with van der Waals surface area (Å²) < 4.78 is 75.9. The lowest BCUT2D eigenvalue weighted by Crippen LogP contribution is -2.34. The molecule has 0 aliphatic heterocycles. The first kappa shape index (κ1) is 24.3. The standard InChI is InChI=1S/C17H17ClF6N4OS/c18-15-13(11-28(26-15)12-2-1-6-25-10-12)27(7-4-16(19,20)21)14(29)3-8-30-9-5-17(22,23)24/h1-2,6,10-11H,3-5,7-9H2. The van der Waals surface area contributed by atoms with Crippen LogP contribution in [-0.4, -0.2) is 51.1 Å². The predicted octanol–water partition coefficient (Wildman–Crippen LogP) is 5.28. The molecule has 13 heteroatoms. The second-order valence-electron chi connectivity index (χ2n) is 6.10. The van der Waals surface area contributed by atoms with Crippen LogP contribution in [-0.2, 0) is 4.79 Å². The summed E-state index contributed by atoms with van der Waals surface area (Å²) in [4.78, 5) is 17.3. The van der Waals surface area contributed by atoms with E-state index in [9.17, 15) is 31.1 Å². The van der Waals surface area contributed by atoms with Crippen LogP contribution < -0.4 is 4.90 Å². The van der Waals surface area contributed by atoms with Gasteiger partial charge in [-0.05, 0) is 12.1 Å². The molecule has 0 aromatic carbocycles. The van der Waals surface area contributed by atoms with E-state index in [1.807, 2.05) is 0 Å². The number of halogens is 7. The highest BCUT2D eigenvalue weighted by Crippen LogP contribution is 2.29. The third-order valence-corrected chi connectivity index (χ3v) is 5.02. The molecule has 5 nitrogen and oxygen atoms in total. The zero-order valence-electron chi connectivity index (χ0n) is 15.4. The van der Waals surface area contributed by atoms with Gasteiger partial charge in [-0.1, -0.05) is 11.6 Å². The van der Waals surface area contributed by atoms with Crippen molar-refractivity contribution in [3.05, 3.63) is 35.9 Å². The van der Waals surface area contributed by atoms with Crippen LogP contribution in [0.5, 0.6) is 0 Å². The fourth-order valence-corrected chi connectivity index (χ4v) is 3.48. The van der Waals surface area contributed by atoms with Crippen LogP contribution in [0.3, 0.4) is 0 Å². The van der Waals surface area contributed by atoms with Gasteiger partial charge in [-0.2, -0.15) is 43.2 Å². The minimum absolute atomic E-state index is 0.0185. The fraction of sp³-hybridized carbons (Fsp3) is 0.471. The number of hydrogen-bond donors (Lipinski definition) is 0. The van der Waals surface area contributed by atoms with Gasteiger partial charge >= 0.3 is 12.4 Å². The molecule has 0 spiro atoms. The topological polar surface area (TPSA) is 51.0 Å². The van der Waals surface area contributed by atoms with E-state index in [1.165, 1.54) is 23.3 Å². The summed E-state index contributed by atoms with van der Waals surface area (Å²) in [5.74, 6) is -0.892. The molecule has 0 saturated heterocycles. The molecule has 0 N–H and O–H groups in total. The number of carbonyl (C=O) groups is 1. The molecule has 0 fully saturated rings. The number of rotatable bonds is 9. The summed E-state index contributed by atoms with van der Waals surface area (Å²) in [6.07, 6.45) is -7.05. The zero-order chi connectivity index (χ0) is 22.4. The summed E-state index contributed by atoms with van der Waals surface area (Å²) in [6, 6.07) is 3.26. The van der Waals surface area contributed by atoms with Gasteiger partial charge in [0.1, 0.15) is 5.69 Å². The second kappa shape index (κ2) is 10.4. The van der Waals surface area contributed by atoms with Gasteiger partial charge in [0, 0.05) is 30.7 Å². The van der Waals surface area contributed by atoms with E-state index in [2.05, 4.69) is 10.1 Å². The van der Waals surface area contributed by atoms with E-state index in [0.717, 1.165) is 16.7 Å². The lowest BCUT2D eigenvalue weighted by molar-refractivity contribution is -0.134. The van der Waals surface area contributed by atoms with Crippen LogP contribution in [0.4, 0.5) is 32.0 Å². The Morgan fingerprint density at radius 2 is 1.83 bits per heavy atom. The van der Waals surface area contributed by atoms with Crippen LogP contribution in [0.25, 0.3) is 5.69 Å². The van der Waals surface area contributed by atoms with Gasteiger partial charge in [0.15, 0.2) is 5.15 Å². The summed E-state index contributed by atoms with van der Waals surface area (Å²) in [7, 11) is 0. The first-order valence-corrected chi connectivity index (χ1v) is 10.2. The van der Waals surface area contributed by atoms with Crippen LogP contribution in [0.15, 0.2) is 30.7 Å². The van der Waals surface area contributed by atoms with Crippen molar-refractivity contribution in [1.82, 2.24) is 14.8 Å². The zero-order valence-corrected chi connectivity index (χ0v) is 17.0. The van der Waals surface area contributed by atoms with Gasteiger partial charge in [-0.15, -0.1) is 0 Å². The molecule has 2 rings (SSSR count). The van der Waals surface area contributed by atoms with E-state index in [-0.39, 0.29) is 28.8 Å². The van der Waals surface area contributed by atoms with Crippen LogP contribution in [0.2, 0.25) is 5.15 Å². The van der Waals surface area contributed by atoms with Crippen molar-refractivity contribution in [1.29, 1.82) is 0 Å². The van der Waals surface area contributed by atoms with E-state index in [1.54, 1.807) is 12.1 Å². The van der Waals surface area contributed by atoms with Crippen LogP contribution in [0.1, 0.15) is 19.3 Å². The lowest BCUT2D eigenvalue weighted by Gasteiger charge is -2.22. The maximum absolute atomic E-state index is 12.7. The Balaban J connectivity index is 2.11. The summed E-state index contributed by atoms with van der Waals surface area (Å²) in [5, 5.41) is 3.82. The van der Waals surface area contributed by atoms with Gasteiger partial charge < -0.3 is 4.90 Å². The number of alkyl halides is 6. The number of thioether (sulfide) groups is 1. The van der Waals surface area contributed by atoms with Crippen molar-refractivity contribution in [3.8, 4) is 5.69 Å². The lowest BCUT2D eigenvalue weighted by atomic mass is 10.3. The highest BCUT2D eigenvalue weighted by molar-refractivity contribution is 7.99. The van der Waals surface area contributed by atoms with E-state index in [4.69, 9.17) is 11.6 Å². The molecule has 166 valence electrons. The average Bonchev–Trinajstić information content (AvgIpc) is 3.02. The Morgan fingerprint density at radius 1 is 1.13 bits per heavy atom. The third kappa shape index (κ3) is 8.05. The molecule has 0 bridgehead atoms. The number of amides is 1. The number of nitrogens with zero attached hydrogens (tertiary/aromatic N) is 4. The molecule has 2 aromatic heterocycles. The van der Waals surface area contributed by atoms with Gasteiger partial charge in [0.2, 0.25) is 5.91 Å². The number of pyridine rings is 1.